The number of amidine groups is 2. The first kappa shape index (κ1) is 11.1. The van der Waals surface area contributed by atoms with E-state index in [0.717, 1.165) is 12.8 Å². The lowest BCUT2D eigenvalue weighted by molar-refractivity contribution is -0.380. The van der Waals surface area contributed by atoms with Crippen molar-refractivity contribution < 1.29 is 4.58 Å². The molecule has 0 bridgehead atoms. The van der Waals surface area contributed by atoms with E-state index in [-0.39, 0.29) is 0 Å². The molecular formula is C9H20N3+. The number of nitrogens with two attached hydrogens (primary N) is 1. The van der Waals surface area contributed by atoms with E-state index in [1.54, 1.807) is 4.58 Å². The van der Waals surface area contributed by atoms with Crippen LogP contribution in [0.4, 0.5) is 0 Å². The minimum atomic E-state index is 0.341. The first-order valence-corrected chi connectivity index (χ1v) is 4.45. The first-order valence-electron chi connectivity index (χ1n) is 4.45. The van der Waals surface area contributed by atoms with Crippen LogP contribution in [0.25, 0.3) is 0 Å². The monoisotopic (exact) mass is 170 g/mol. The van der Waals surface area contributed by atoms with Crippen molar-refractivity contribution in [2.45, 2.75) is 33.6 Å². The minimum absolute atomic E-state index is 0.341. The van der Waals surface area contributed by atoms with Gasteiger partial charge in [0.05, 0.1) is 7.05 Å². The number of nitrogens with one attached hydrogen (secondary N) is 1. The molecule has 0 aliphatic heterocycles. The second-order valence-corrected chi connectivity index (χ2v) is 3.10. The van der Waals surface area contributed by atoms with Crippen molar-refractivity contribution in [2.75, 3.05) is 7.05 Å². The van der Waals surface area contributed by atoms with Gasteiger partial charge in [0.15, 0.2) is 5.84 Å². The Balaban J connectivity index is 4.48. The van der Waals surface area contributed by atoms with Gasteiger partial charge in [0.25, 0.3) is 0 Å². The summed E-state index contributed by atoms with van der Waals surface area (Å²) in [6.07, 6.45) is 2.01. The van der Waals surface area contributed by atoms with Gasteiger partial charge in [-0.15, -0.1) is 0 Å². The average Bonchev–Trinajstić information content (AvgIpc) is 2.05. The lowest BCUT2D eigenvalue weighted by Gasteiger charge is -2.11. The maximum absolute atomic E-state index is 7.81. The average molecular weight is 170 g/mol. The lowest BCUT2D eigenvalue weighted by Crippen LogP contribution is -2.31. The molecule has 70 valence electrons. The van der Waals surface area contributed by atoms with Crippen molar-refractivity contribution in [2.24, 2.45) is 11.7 Å². The molecule has 0 saturated heterocycles. The number of nitrogens with zero attached hydrogens (tertiary/aromatic N) is 1. The van der Waals surface area contributed by atoms with Crippen LogP contribution in [0.2, 0.25) is 0 Å². The first-order chi connectivity index (χ1) is 5.54. The third-order valence-corrected chi connectivity index (χ3v) is 2.26. The molecule has 0 spiro atoms. The Bertz CT molecular complexity index is 186. The summed E-state index contributed by atoms with van der Waals surface area (Å²) in [5, 5.41) is 7.81. The van der Waals surface area contributed by atoms with Gasteiger partial charge < -0.3 is 5.73 Å². The van der Waals surface area contributed by atoms with Gasteiger partial charge in [0, 0.05) is 12.8 Å². The molecule has 0 aromatic carbocycles. The van der Waals surface area contributed by atoms with Crippen LogP contribution in [0.15, 0.2) is 0 Å². The molecule has 0 fully saturated rings. The molecule has 0 saturated carbocycles. The predicted octanol–water partition coefficient (Wildman–Crippen LogP) is 1.42. The Morgan fingerprint density at radius 1 is 1.42 bits per heavy atom. The van der Waals surface area contributed by atoms with E-state index in [4.69, 9.17) is 11.1 Å². The molecule has 0 aromatic heterocycles. The molecule has 3 nitrogen and oxygen atoms in total. The molecule has 3 heteroatoms. The fourth-order valence-electron chi connectivity index (χ4n) is 1.14. The number of hydrogen-bond donors (Lipinski definition) is 2. The van der Waals surface area contributed by atoms with Crippen LogP contribution < -0.4 is 5.73 Å². The molecule has 0 rings (SSSR count). The van der Waals surface area contributed by atoms with Crippen molar-refractivity contribution in [1.29, 1.82) is 5.41 Å². The number of rotatable bonds is 3. The summed E-state index contributed by atoms with van der Waals surface area (Å²) in [5.41, 5.74) is 5.59. The van der Waals surface area contributed by atoms with Crippen LogP contribution in [0.1, 0.15) is 33.6 Å². The fourth-order valence-corrected chi connectivity index (χ4v) is 1.14. The van der Waals surface area contributed by atoms with Gasteiger partial charge in [-0.05, 0) is 12.8 Å². The van der Waals surface area contributed by atoms with Gasteiger partial charge in [0.2, 0.25) is 5.84 Å². The van der Waals surface area contributed by atoms with Gasteiger partial charge in [-0.1, -0.05) is 13.8 Å². The molecule has 0 radical (unpaired) electrons. The zero-order chi connectivity index (χ0) is 9.72. The smallest absolute Gasteiger partial charge is 0.232 e. The molecule has 12 heavy (non-hydrogen) atoms. The molecule has 0 aliphatic carbocycles. The summed E-state index contributed by atoms with van der Waals surface area (Å²) in [7, 11) is 1.84. The summed E-state index contributed by atoms with van der Waals surface area (Å²) < 4.78 is 1.75. The number of hydrogen-bond acceptors (Lipinski definition) is 1. The van der Waals surface area contributed by atoms with Crippen LogP contribution in [0, 0.1) is 11.3 Å². The third-order valence-electron chi connectivity index (χ3n) is 2.26. The topological polar surface area (TPSA) is 52.9 Å². The van der Waals surface area contributed by atoms with Crippen molar-refractivity contribution in [3.63, 3.8) is 0 Å². The van der Waals surface area contributed by atoms with E-state index >= 15 is 0 Å². The van der Waals surface area contributed by atoms with Gasteiger partial charge in [-0.3, -0.25) is 0 Å². The molecule has 0 aliphatic rings. The summed E-state index contributed by atoms with van der Waals surface area (Å²) in [5.74, 6) is 1.65. The zero-order valence-electron chi connectivity index (χ0n) is 8.52. The van der Waals surface area contributed by atoms with Gasteiger partial charge in [-0.2, -0.15) is 5.41 Å². The van der Waals surface area contributed by atoms with Gasteiger partial charge in [-0.25, -0.2) is 4.58 Å². The molecule has 0 aromatic rings. The standard InChI is InChI=1S/C9H19N3/c1-5-8(6-2)9(11)12(4)7(3)10/h8,10-11H,5-6H2,1-4H3/p+1. The highest BCUT2D eigenvalue weighted by Gasteiger charge is 2.16. The van der Waals surface area contributed by atoms with E-state index < -0.39 is 0 Å². The van der Waals surface area contributed by atoms with Crippen LogP contribution in [-0.4, -0.2) is 23.3 Å². The Labute approximate surface area is 74.8 Å². The summed E-state index contributed by atoms with van der Waals surface area (Å²) >= 11 is 0. The second kappa shape index (κ2) is 4.91. The highest BCUT2D eigenvalue weighted by Crippen LogP contribution is 2.08. The Kier molecular flexibility index (Phi) is 4.55. The van der Waals surface area contributed by atoms with Crippen LogP contribution in [0.5, 0.6) is 0 Å². The molecule has 0 heterocycles. The third kappa shape index (κ3) is 2.64. The highest BCUT2D eigenvalue weighted by atomic mass is 15.1. The summed E-state index contributed by atoms with van der Waals surface area (Å²) in [4.78, 5) is 0. The quantitative estimate of drug-likeness (QED) is 0.375. The molecular weight excluding hydrogens is 150 g/mol. The lowest BCUT2D eigenvalue weighted by atomic mass is 10.0. The van der Waals surface area contributed by atoms with Crippen molar-refractivity contribution in [1.82, 2.24) is 0 Å². The van der Waals surface area contributed by atoms with E-state index in [1.165, 1.54) is 0 Å². The Hall–Kier alpha value is -0.860. The van der Waals surface area contributed by atoms with E-state index in [0.29, 0.717) is 17.6 Å². The molecule has 3 N–H and O–H groups in total. The zero-order valence-corrected chi connectivity index (χ0v) is 8.52. The highest BCUT2D eigenvalue weighted by molar-refractivity contribution is 5.82. The van der Waals surface area contributed by atoms with Crippen LogP contribution in [-0.2, 0) is 0 Å². The largest absolute Gasteiger partial charge is 0.322 e. The Morgan fingerprint density at radius 3 is 2.08 bits per heavy atom. The normalized spacial score (nSPS) is 13.1. The van der Waals surface area contributed by atoms with E-state index in [2.05, 4.69) is 13.8 Å². The SMILES string of the molecule is CCC(CC)C(=N)[N+](C)=C(C)N. The van der Waals surface area contributed by atoms with Gasteiger partial charge >= 0.3 is 0 Å². The summed E-state index contributed by atoms with van der Waals surface area (Å²) in [6.45, 7) is 6.02. The predicted molar refractivity (Wildman–Crippen MR) is 52.9 cm³/mol. The van der Waals surface area contributed by atoms with Crippen molar-refractivity contribution >= 4 is 11.7 Å². The van der Waals surface area contributed by atoms with Gasteiger partial charge in [0.1, 0.15) is 0 Å². The van der Waals surface area contributed by atoms with E-state index in [1.807, 2.05) is 14.0 Å². The van der Waals surface area contributed by atoms with Crippen molar-refractivity contribution in [3.8, 4) is 0 Å². The minimum Gasteiger partial charge on any atom is -0.322 e. The molecule has 0 amide bonds. The van der Waals surface area contributed by atoms with E-state index in [9.17, 15) is 0 Å². The molecule has 0 unspecified atom stereocenters. The maximum Gasteiger partial charge on any atom is 0.232 e. The Morgan fingerprint density at radius 2 is 1.83 bits per heavy atom. The van der Waals surface area contributed by atoms with Crippen LogP contribution in [0.3, 0.4) is 0 Å². The summed E-state index contributed by atoms with van der Waals surface area (Å²) in [6, 6.07) is 0. The second-order valence-electron chi connectivity index (χ2n) is 3.10. The fraction of sp³-hybridized carbons (Fsp3) is 0.778. The van der Waals surface area contributed by atoms with Crippen molar-refractivity contribution in [3.05, 3.63) is 0 Å². The molecule has 0 atom stereocenters. The maximum atomic E-state index is 7.81. The van der Waals surface area contributed by atoms with Crippen LogP contribution >= 0.6 is 0 Å².